The van der Waals surface area contributed by atoms with Gasteiger partial charge in [0, 0.05) is 19.3 Å². The number of carbonyl (C=O) groups is 1. The third-order valence-corrected chi connectivity index (χ3v) is 6.24. The second-order valence-corrected chi connectivity index (χ2v) is 13.7. The van der Waals surface area contributed by atoms with Crippen LogP contribution < -0.4 is 5.73 Å². The van der Waals surface area contributed by atoms with Gasteiger partial charge >= 0.3 is 45.4 Å². The third kappa shape index (κ3) is 30.1. The first kappa shape index (κ1) is 57.9. The summed E-state index contributed by atoms with van der Waals surface area (Å²) in [5, 5.41) is 16.9. The summed E-state index contributed by atoms with van der Waals surface area (Å²) in [7, 11) is 0. The molecule has 0 amide bonds. The molecule has 19 heteroatoms. The number of aromatic nitrogens is 8. The van der Waals surface area contributed by atoms with Crippen molar-refractivity contribution in [3.8, 4) is 6.07 Å². The van der Waals surface area contributed by atoms with Gasteiger partial charge in [-0.3, -0.25) is 24.7 Å². The van der Waals surface area contributed by atoms with Gasteiger partial charge in [-0.25, -0.2) is 19.9 Å². The van der Waals surface area contributed by atoms with Crippen molar-refractivity contribution in [1.82, 2.24) is 39.9 Å². The van der Waals surface area contributed by atoms with Crippen molar-refractivity contribution in [2.75, 3.05) is 5.73 Å². The number of nitriles is 1. The van der Waals surface area contributed by atoms with Crippen molar-refractivity contribution in [3.63, 3.8) is 0 Å². The molecule has 4 rings (SSSR count). The van der Waals surface area contributed by atoms with E-state index in [1.807, 2.05) is 33.8 Å². The minimum atomic E-state index is -0.429. The molecule has 308 valence electrons. The number of Topliss-reactive ketones (excluding diaryl/α,β-unsaturated/α-hetero) is 1. The maximum atomic E-state index is 10.8. The number of hydrogen-bond donors (Lipinski definition) is 1. The minimum absolute atomic E-state index is 0. The van der Waals surface area contributed by atoms with Crippen LogP contribution in [0, 0.1) is 28.1 Å². The van der Waals surface area contributed by atoms with Gasteiger partial charge in [-0.15, -0.1) is 4.91 Å². The molecule has 4 aromatic heterocycles. The molecule has 0 radical (unpaired) electrons. The van der Waals surface area contributed by atoms with Crippen LogP contribution in [0.4, 0.5) is 5.82 Å². The Morgan fingerprint density at radius 2 is 1.11 bits per heavy atom. The van der Waals surface area contributed by atoms with E-state index >= 15 is 0 Å². The Morgan fingerprint density at radius 3 is 1.35 bits per heavy atom. The van der Waals surface area contributed by atoms with Crippen LogP contribution in [0.25, 0.3) is 0 Å². The first-order chi connectivity index (χ1) is 25.3. The summed E-state index contributed by atoms with van der Waals surface area (Å²) in [5.74, 6) is 2.05. The number of rotatable bonds is 6. The van der Waals surface area contributed by atoms with Crippen LogP contribution in [0.5, 0.6) is 0 Å². The summed E-state index contributed by atoms with van der Waals surface area (Å²) in [5.41, 5.74) is 9.57. The summed E-state index contributed by atoms with van der Waals surface area (Å²) in [4.78, 5) is 56.8. The fraction of sp³-hybridized carbons (Fsp3) is 0.472. The van der Waals surface area contributed by atoms with Crippen LogP contribution in [-0.2, 0) is 36.1 Å². The van der Waals surface area contributed by atoms with Gasteiger partial charge in [0.05, 0.1) is 60.0 Å². The van der Waals surface area contributed by atoms with Gasteiger partial charge in [0.15, 0.2) is 16.8 Å². The van der Waals surface area contributed by atoms with Crippen molar-refractivity contribution >= 4 is 41.6 Å². The van der Waals surface area contributed by atoms with E-state index in [2.05, 4.69) is 122 Å². The Bertz CT molecular complexity index is 1580. The van der Waals surface area contributed by atoms with E-state index in [1.54, 1.807) is 58.0 Å². The number of ketones is 1. The fourth-order valence-corrected chi connectivity index (χ4v) is 3.09. The molecule has 0 unspecified atom stereocenters. The van der Waals surface area contributed by atoms with Crippen LogP contribution >= 0.6 is 30.0 Å². The average Bonchev–Trinajstić information content (AvgIpc) is 3.14. The topological polar surface area (TPSA) is 232 Å². The van der Waals surface area contributed by atoms with E-state index in [0.29, 0.717) is 40.9 Å². The molecule has 4 aromatic rings. The Hall–Kier alpha value is -3.83. The summed E-state index contributed by atoms with van der Waals surface area (Å²) in [6.45, 7) is 28.0. The SMILES string of the molecule is CC(=O)c1cnc(C(C)C)cn1.CC(C)(C)ON=O.CC(C)c1cnc(Br)cn1.CC(C)c1cnc(C#N)cn1.CC(C)c1cnc(N)cn1.[C-]#N.[Cu+].[Cu][Br]. The second kappa shape index (κ2) is 33.5. The first-order valence-electron chi connectivity index (χ1n) is 16.2. The summed E-state index contributed by atoms with van der Waals surface area (Å²) in [6.07, 6.45) is 13.1. The Morgan fingerprint density at radius 1 is 0.727 bits per heavy atom. The van der Waals surface area contributed by atoms with Crippen LogP contribution in [-0.4, -0.2) is 51.3 Å². The number of nitrogens with zero attached hydrogens (tertiary/aromatic N) is 11. The van der Waals surface area contributed by atoms with Gasteiger partial charge in [0.2, 0.25) is 0 Å². The Kier molecular flexibility index (Phi) is 35.3. The molecule has 0 saturated carbocycles. The summed E-state index contributed by atoms with van der Waals surface area (Å²) in [6, 6.07) is 1.92. The monoisotopic (exact) mass is 982 g/mol. The first-order valence-corrected chi connectivity index (χ1v) is 19.4. The average molecular weight is 986 g/mol. The second-order valence-electron chi connectivity index (χ2n) is 12.8. The number of anilines is 1. The zero-order valence-electron chi connectivity index (χ0n) is 33.0. The zero-order chi connectivity index (χ0) is 42.4. The van der Waals surface area contributed by atoms with E-state index < -0.39 is 5.60 Å². The Labute approximate surface area is 360 Å². The van der Waals surface area contributed by atoms with Gasteiger partial charge in [0.25, 0.3) is 0 Å². The standard InChI is InChI=1S/C9H12N2O.C8H9N3.C7H9BrN2.C7H11N3.C4H9NO2.CN.BrH.2Cu/c1-6(2)8-4-11-9(5-10-8)7(3)12;1-6(2)8-5-10-7(3-9)4-11-8;2*1-5(2)6-3-10-7(8)4-9-6;1-4(2,3)7-5-6;1-2;;;/h4-6H,1-3H3;4-6H,1-2H3;3-5H,1-2H3;3-5H,1-2H3,(H2,8,10);1-3H3;;1H;;/q;;;;;-1;;2*+1/p-1. The van der Waals surface area contributed by atoms with Crippen molar-refractivity contribution < 1.29 is 40.9 Å². The molecular formula is C36H50Br2Cu2N12O3. The molecule has 4 heterocycles. The van der Waals surface area contributed by atoms with Gasteiger partial charge in [-0.1, -0.05) is 55.4 Å². The number of hydrogen-bond acceptors (Lipinski definition) is 15. The molecule has 0 aromatic carbocycles. The van der Waals surface area contributed by atoms with Gasteiger partial charge in [0.1, 0.15) is 27.8 Å². The predicted molar refractivity (Wildman–Crippen MR) is 212 cm³/mol. The van der Waals surface area contributed by atoms with Crippen molar-refractivity contribution in [3.05, 3.63) is 99.8 Å². The van der Waals surface area contributed by atoms with Crippen LogP contribution in [0.15, 0.2) is 59.5 Å². The molecule has 0 fully saturated rings. The van der Waals surface area contributed by atoms with Crippen LogP contribution in [0.3, 0.4) is 0 Å². The van der Waals surface area contributed by atoms with Gasteiger partial charge in [-0.05, 0) is 60.4 Å². The van der Waals surface area contributed by atoms with E-state index in [0.717, 1.165) is 27.4 Å². The number of nitrogens with two attached hydrogens (primary N) is 1. The summed E-state index contributed by atoms with van der Waals surface area (Å²) >= 11 is 9.72. The number of carbonyl (C=O) groups excluding carboxylic acids is 1. The molecule has 0 aliphatic carbocycles. The predicted octanol–water partition coefficient (Wildman–Crippen LogP) is 9.24. The van der Waals surface area contributed by atoms with E-state index in [9.17, 15) is 9.70 Å². The normalized spacial score (nSPS) is 9.47. The molecule has 0 spiro atoms. The summed E-state index contributed by atoms with van der Waals surface area (Å²) < 4.78 is 0.789. The van der Waals surface area contributed by atoms with Crippen molar-refractivity contribution in [2.24, 2.45) is 5.34 Å². The quantitative estimate of drug-likeness (QED) is 0.0624. The van der Waals surface area contributed by atoms with E-state index in [4.69, 9.17) is 22.8 Å². The zero-order valence-corrected chi connectivity index (χ0v) is 38.1. The molecule has 0 saturated heterocycles. The van der Waals surface area contributed by atoms with E-state index in [1.165, 1.54) is 19.3 Å². The maximum absolute atomic E-state index is 10.8. The Balaban J connectivity index is -0.000000290. The molecule has 0 bridgehead atoms. The molecule has 15 nitrogen and oxygen atoms in total. The number of halogens is 2. The number of nitrogen functional groups attached to an aromatic ring is 1. The van der Waals surface area contributed by atoms with Crippen molar-refractivity contribution in [1.29, 1.82) is 10.5 Å². The third-order valence-electron chi connectivity index (χ3n) is 5.83. The molecule has 0 aliphatic rings. The van der Waals surface area contributed by atoms with Crippen molar-refractivity contribution in [2.45, 2.75) is 112 Å². The molecule has 0 atom stereocenters. The van der Waals surface area contributed by atoms with Gasteiger partial charge < -0.3 is 22.4 Å². The van der Waals surface area contributed by atoms with Crippen LogP contribution in [0.2, 0.25) is 0 Å². The van der Waals surface area contributed by atoms with Crippen LogP contribution in [0.1, 0.15) is 146 Å². The molecule has 2 N–H and O–H groups in total. The molecule has 55 heavy (non-hydrogen) atoms. The molecular weight excluding hydrogens is 935 g/mol. The fourth-order valence-electron chi connectivity index (χ4n) is 2.89. The van der Waals surface area contributed by atoms with Gasteiger partial charge in [-0.2, -0.15) is 5.26 Å². The van der Waals surface area contributed by atoms with E-state index in [-0.39, 0.29) is 22.9 Å². The molecule has 0 aliphatic heterocycles.